The Morgan fingerprint density at radius 3 is 2.48 bits per heavy atom. The van der Waals surface area contributed by atoms with Gasteiger partial charge in [0.15, 0.2) is 0 Å². The zero-order valence-electron chi connectivity index (χ0n) is 24.1. The van der Waals surface area contributed by atoms with E-state index in [1.807, 2.05) is 30.3 Å². The predicted molar refractivity (Wildman–Crippen MR) is 154 cm³/mol. The number of aromatic amines is 1. The number of aromatic nitrogens is 5. The van der Waals surface area contributed by atoms with E-state index in [1.54, 1.807) is 0 Å². The van der Waals surface area contributed by atoms with E-state index in [0.717, 1.165) is 36.6 Å². The molecule has 236 valence electrons. The molecule has 8 rings (SSSR count). The molecule has 2 N–H and O–H groups in total. The average Bonchev–Trinajstić information content (AvgIpc) is 3.91. The number of pyridine rings is 1. The van der Waals surface area contributed by atoms with Crippen molar-refractivity contribution in [2.75, 3.05) is 0 Å². The Labute approximate surface area is 258 Å². The Hall–Kier alpha value is -4.68. The third-order valence-corrected chi connectivity index (χ3v) is 9.21. The van der Waals surface area contributed by atoms with Crippen LogP contribution in [-0.4, -0.2) is 30.9 Å². The number of amides is 1. The molecule has 2 saturated carbocycles. The summed E-state index contributed by atoms with van der Waals surface area (Å²) in [7, 11) is 0. The van der Waals surface area contributed by atoms with Gasteiger partial charge in [-0.1, -0.05) is 24.3 Å². The molecule has 7 nitrogen and oxygen atoms in total. The van der Waals surface area contributed by atoms with Crippen molar-refractivity contribution in [1.29, 1.82) is 0 Å². The Balaban J connectivity index is 1.18. The van der Waals surface area contributed by atoms with Gasteiger partial charge < -0.3 is 5.32 Å². The van der Waals surface area contributed by atoms with Crippen molar-refractivity contribution in [2.45, 2.75) is 62.5 Å². The number of hydrogen-bond donors (Lipinski definition) is 2. The molecule has 3 aliphatic carbocycles. The Morgan fingerprint density at radius 2 is 1.78 bits per heavy atom. The summed E-state index contributed by atoms with van der Waals surface area (Å²) in [6.07, 6.45) is 0.627. The minimum atomic E-state index is -3.40. The minimum absolute atomic E-state index is 0.0937. The number of halogens is 6. The molecule has 0 bridgehead atoms. The normalized spacial score (nSPS) is 20.2. The van der Waals surface area contributed by atoms with Crippen LogP contribution in [0.1, 0.15) is 77.3 Å². The van der Waals surface area contributed by atoms with E-state index in [2.05, 4.69) is 20.6 Å². The van der Waals surface area contributed by atoms with Crippen LogP contribution in [-0.2, 0) is 23.7 Å². The van der Waals surface area contributed by atoms with Crippen molar-refractivity contribution in [3.05, 3.63) is 100 Å². The van der Waals surface area contributed by atoms with E-state index in [-0.39, 0.29) is 24.0 Å². The number of nitrogens with one attached hydrogen (secondary N) is 2. The molecular formula is C33H26F6N6O. The molecule has 3 aromatic heterocycles. The van der Waals surface area contributed by atoms with Crippen LogP contribution in [0.5, 0.6) is 0 Å². The van der Waals surface area contributed by atoms with E-state index in [0.29, 0.717) is 32.9 Å². The summed E-state index contributed by atoms with van der Waals surface area (Å²) in [5, 5.41) is 13.5. The smallest absolute Gasteiger partial charge is 0.293 e. The van der Waals surface area contributed by atoms with Crippen LogP contribution in [0.2, 0.25) is 0 Å². The largest absolute Gasteiger partial charge is 0.346 e. The second-order valence-corrected chi connectivity index (χ2v) is 12.4. The molecule has 0 radical (unpaired) electrons. The lowest BCUT2D eigenvalue weighted by Crippen LogP contribution is -2.35. The summed E-state index contributed by atoms with van der Waals surface area (Å²) in [5.74, 6) is -7.11. The number of H-pyrrole nitrogens is 1. The first-order chi connectivity index (χ1) is 22.1. The lowest BCUT2D eigenvalue weighted by atomic mass is 9.94. The molecule has 3 heterocycles. The molecule has 3 aliphatic rings. The molecule has 2 fully saturated rings. The average molecular weight is 637 g/mol. The molecule has 1 unspecified atom stereocenters. The van der Waals surface area contributed by atoms with Crippen molar-refractivity contribution >= 4 is 16.9 Å². The van der Waals surface area contributed by atoms with Gasteiger partial charge >= 0.3 is 0 Å². The summed E-state index contributed by atoms with van der Waals surface area (Å²) >= 11 is 0. The van der Waals surface area contributed by atoms with Gasteiger partial charge in [-0.15, -0.1) is 0 Å². The van der Waals surface area contributed by atoms with Crippen LogP contribution >= 0.6 is 0 Å². The molecule has 0 aliphatic heterocycles. The van der Waals surface area contributed by atoms with E-state index in [4.69, 9.17) is 4.98 Å². The predicted octanol–water partition coefficient (Wildman–Crippen LogP) is 7.22. The Kier molecular flexibility index (Phi) is 6.52. The Bertz CT molecular complexity index is 1980. The highest BCUT2D eigenvalue weighted by Gasteiger charge is 2.67. The quantitative estimate of drug-likeness (QED) is 0.167. The van der Waals surface area contributed by atoms with E-state index < -0.39 is 65.7 Å². The molecule has 0 saturated heterocycles. The second kappa shape index (κ2) is 10.4. The van der Waals surface area contributed by atoms with Gasteiger partial charge in [0.1, 0.15) is 35.1 Å². The Morgan fingerprint density at radius 1 is 1.04 bits per heavy atom. The summed E-state index contributed by atoms with van der Waals surface area (Å²) < 4.78 is 87.2. The monoisotopic (exact) mass is 636 g/mol. The topological polar surface area (TPSA) is 88.5 Å². The lowest BCUT2D eigenvalue weighted by molar-refractivity contribution is -0.123. The van der Waals surface area contributed by atoms with Crippen LogP contribution in [0, 0.1) is 17.6 Å². The van der Waals surface area contributed by atoms with Gasteiger partial charge in [0.25, 0.3) is 12.3 Å². The van der Waals surface area contributed by atoms with Gasteiger partial charge in [-0.3, -0.25) is 14.6 Å². The van der Waals surface area contributed by atoms with Crippen LogP contribution in [0.4, 0.5) is 26.3 Å². The number of rotatable bonds is 9. The van der Waals surface area contributed by atoms with Crippen molar-refractivity contribution in [1.82, 2.24) is 30.3 Å². The van der Waals surface area contributed by atoms with Crippen LogP contribution < -0.4 is 5.32 Å². The first-order valence-electron chi connectivity index (χ1n) is 15.0. The van der Waals surface area contributed by atoms with Gasteiger partial charge in [-0.2, -0.15) is 19.0 Å². The highest BCUT2D eigenvalue weighted by atomic mass is 19.3. The highest BCUT2D eigenvalue weighted by molar-refractivity contribution is 5.83. The van der Waals surface area contributed by atoms with Crippen LogP contribution in [0.15, 0.2) is 54.7 Å². The maximum atomic E-state index is 15.2. The molecule has 2 aromatic carbocycles. The fourth-order valence-electron chi connectivity index (χ4n) is 6.88. The van der Waals surface area contributed by atoms with E-state index in [9.17, 15) is 22.4 Å². The van der Waals surface area contributed by atoms with Crippen molar-refractivity contribution in [2.24, 2.45) is 5.92 Å². The number of carbonyl (C=O) groups is 1. The number of alkyl halides is 4. The van der Waals surface area contributed by atoms with E-state index in [1.165, 1.54) is 11.8 Å². The van der Waals surface area contributed by atoms with Crippen LogP contribution in [0.3, 0.4) is 0 Å². The SMILES string of the molecule is O=C(Cn1nc(C(F)F)c2c1C(F)(F)[C@@H]1C[C@H]21)NC(Cc1cc(F)cc(F)c1)c1nc2cn[nH]c2cc1-c1ccc(C2CC2)cc1. The number of carbonyl (C=O) groups excluding carboxylic acids is 1. The molecule has 46 heavy (non-hydrogen) atoms. The third-order valence-electron chi connectivity index (χ3n) is 9.21. The first-order valence-corrected chi connectivity index (χ1v) is 15.0. The van der Waals surface area contributed by atoms with Gasteiger partial charge in [0.2, 0.25) is 5.91 Å². The number of hydrogen-bond acceptors (Lipinski definition) is 4. The van der Waals surface area contributed by atoms with Gasteiger partial charge in [-0.25, -0.2) is 22.5 Å². The molecule has 0 spiro atoms. The summed E-state index contributed by atoms with van der Waals surface area (Å²) in [4.78, 5) is 18.4. The molecule has 5 aromatic rings. The van der Waals surface area contributed by atoms with Gasteiger partial charge in [0, 0.05) is 23.1 Å². The van der Waals surface area contributed by atoms with Gasteiger partial charge in [0.05, 0.1) is 23.4 Å². The molecular weight excluding hydrogens is 610 g/mol. The standard InChI is InChI=1S/C33H26F6N6O/c34-19-7-15(8-20(35)10-19)9-25(41-27(46)14-45-31-28(30(44-45)32(36)37)22-11-23(22)33(31,38)39)29-21(12-24-26(42-29)13-40-43-24)18-5-3-17(4-6-18)16-1-2-16/h3-8,10,12-13,16,22-23,25,32H,1-2,9,11,14H2,(H,40,43)(H,41,46)/t22-,23+,25?/m0/s1. The molecule has 3 atom stereocenters. The number of fused-ring (bicyclic) bond motifs is 4. The zero-order chi connectivity index (χ0) is 31.9. The maximum absolute atomic E-state index is 15.2. The molecule has 13 heteroatoms. The fraction of sp³-hybridized carbons (Fsp3) is 0.333. The second-order valence-electron chi connectivity index (χ2n) is 12.4. The zero-order valence-corrected chi connectivity index (χ0v) is 24.1. The number of benzene rings is 2. The fourth-order valence-corrected chi connectivity index (χ4v) is 6.88. The summed E-state index contributed by atoms with van der Waals surface area (Å²) in [6.45, 7) is -0.766. The van der Waals surface area contributed by atoms with Crippen molar-refractivity contribution in [3.63, 3.8) is 0 Å². The van der Waals surface area contributed by atoms with Crippen LogP contribution in [0.25, 0.3) is 22.2 Å². The summed E-state index contributed by atoms with van der Waals surface area (Å²) in [5.41, 5.74) is 2.63. The van der Waals surface area contributed by atoms with Crippen molar-refractivity contribution in [3.8, 4) is 11.1 Å². The third kappa shape index (κ3) is 4.92. The highest BCUT2D eigenvalue weighted by Crippen LogP contribution is 2.68. The van der Waals surface area contributed by atoms with Crippen molar-refractivity contribution < 1.29 is 31.1 Å². The summed E-state index contributed by atoms with van der Waals surface area (Å²) in [6, 6.07) is 11.7. The molecule has 1 amide bonds. The van der Waals surface area contributed by atoms with Gasteiger partial charge in [-0.05, 0) is 72.4 Å². The lowest BCUT2D eigenvalue weighted by Gasteiger charge is -2.23. The maximum Gasteiger partial charge on any atom is 0.293 e. The van der Waals surface area contributed by atoms with E-state index >= 15 is 8.78 Å². The first kappa shape index (κ1) is 28.8. The number of nitrogens with zero attached hydrogens (tertiary/aromatic N) is 4. The minimum Gasteiger partial charge on any atom is -0.346 e.